The average Bonchev–Trinajstić information content (AvgIpc) is 2.48. The van der Waals surface area contributed by atoms with Crippen LogP contribution in [0.3, 0.4) is 0 Å². The van der Waals surface area contributed by atoms with Gasteiger partial charge in [-0.25, -0.2) is 0 Å². The van der Waals surface area contributed by atoms with Gasteiger partial charge in [0.05, 0.1) is 0 Å². The molecule has 90 valence electrons. The molecule has 1 nitrogen and oxygen atoms in total. The van der Waals surface area contributed by atoms with Crippen LogP contribution in [0, 0.1) is 17.3 Å². The summed E-state index contributed by atoms with van der Waals surface area (Å²) >= 11 is 0. The Kier molecular flexibility index (Phi) is 4.64. The van der Waals surface area contributed by atoms with Gasteiger partial charge in [0.2, 0.25) is 0 Å². The second kappa shape index (κ2) is 5.34. The van der Waals surface area contributed by atoms with E-state index in [1.54, 1.807) is 0 Å². The van der Waals surface area contributed by atoms with E-state index in [2.05, 4.69) is 39.9 Å². The first-order chi connectivity index (χ1) is 6.92. The maximum atomic E-state index is 3.67. The van der Waals surface area contributed by atoms with Crippen molar-refractivity contribution in [3.05, 3.63) is 0 Å². The Balaban J connectivity index is 2.34. The van der Waals surface area contributed by atoms with E-state index in [0.717, 1.165) is 17.9 Å². The van der Waals surface area contributed by atoms with E-state index in [-0.39, 0.29) is 0 Å². The SMILES string of the molecule is CC[C@H]1CCN[C@H]1C[C@@H](C)CC(C)(C)C. The standard InChI is InChI=1S/C14H29N/c1-6-12-7-8-15-13(12)9-11(2)10-14(3,4)5/h11-13,15H,6-10H2,1-5H3/t11-,12+,13+/m1/s1. The van der Waals surface area contributed by atoms with Crippen molar-refractivity contribution in [1.29, 1.82) is 0 Å². The monoisotopic (exact) mass is 211 g/mol. The smallest absolute Gasteiger partial charge is 0.00982 e. The van der Waals surface area contributed by atoms with Crippen molar-refractivity contribution in [1.82, 2.24) is 5.32 Å². The summed E-state index contributed by atoms with van der Waals surface area (Å²) in [4.78, 5) is 0. The summed E-state index contributed by atoms with van der Waals surface area (Å²) < 4.78 is 0. The van der Waals surface area contributed by atoms with E-state index >= 15 is 0 Å². The second-order valence-electron chi connectivity index (χ2n) is 6.62. The van der Waals surface area contributed by atoms with Crippen LogP contribution in [-0.2, 0) is 0 Å². The van der Waals surface area contributed by atoms with E-state index in [9.17, 15) is 0 Å². The summed E-state index contributed by atoms with van der Waals surface area (Å²) in [7, 11) is 0. The first kappa shape index (κ1) is 13.0. The van der Waals surface area contributed by atoms with Crippen LogP contribution in [0.4, 0.5) is 0 Å². The minimum Gasteiger partial charge on any atom is -0.314 e. The van der Waals surface area contributed by atoms with Crippen molar-refractivity contribution in [2.24, 2.45) is 17.3 Å². The molecule has 1 rings (SSSR count). The van der Waals surface area contributed by atoms with Crippen LogP contribution in [0.5, 0.6) is 0 Å². The maximum Gasteiger partial charge on any atom is 0.00982 e. The number of hydrogen-bond donors (Lipinski definition) is 1. The molecule has 1 fully saturated rings. The predicted molar refractivity (Wildman–Crippen MR) is 68.0 cm³/mol. The molecule has 1 saturated heterocycles. The molecule has 1 aliphatic heterocycles. The molecule has 15 heavy (non-hydrogen) atoms. The summed E-state index contributed by atoms with van der Waals surface area (Å²) in [6.45, 7) is 13.0. The van der Waals surface area contributed by atoms with Gasteiger partial charge in [-0.15, -0.1) is 0 Å². The first-order valence-corrected chi connectivity index (χ1v) is 6.65. The molecule has 0 aliphatic carbocycles. The van der Waals surface area contributed by atoms with Gasteiger partial charge in [-0.05, 0) is 43.1 Å². The lowest BCUT2D eigenvalue weighted by Gasteiger charge is -2.27. The minimum absolute atomic E-state index is 0.486. The lowest BCUT2D eigenvalue weighted by atomic mass is 9.81. The fourth-order valence-corrected chi connectivity index (χ4v) is 3.15. The second-order valence-corrected chi connectivity index (χ2v) is 6.62. The molecule has 0 spiro atoms. The molecule has 0 aromatic rings. The third-order valence-corrected chi connectivity index (χ3v) is 3.63. The minimum atomic E-state index is 0.486. The Bertz CT molecular complexity index is 180. The number of nitrogens with one attached hydrogen (secondary N) is 1. The first-order valence-electron chi connectivity index (χ1n) is 6.65. The van der Waals surface area contributed by atoms with Crippen molar-refractivity contribution >= 4 is 0 Å². The fourth-order valence-electron chi connectivity index (χ4n) is 3.15. The molecule has 0 unspecified atom stereocenters. The van der Waals surface area contributed by atoms with Gasteiger partial charge in [0.25, 0.3) is 0 Å². The van der Waals surface area contributed by atoms with Crippen LogP contribution in [0.2, 0.25) is 0 Å². The highest BCUT2D eigenvalue weighted by molar-refractivity contribution is 4.84. The summed E-state index contributed by atoms with van der Waals surface area (Å²) in [5, 5.41) is 3.67. The van der Waals surface area contributed by atoms with Crippen molar-refractivity contribution in [3.8, 4) is 0 Å². The predicted octanol–water partition coefficient (Wildman–Crippen LogP) is 3.84. The lowest BCUT2D eigenvalue weighted by Crippen LogP contribution is -2.29. The molecule has 1 N–H and O–H groups in total. The van der Waals surface area contributed by atoms with Gasteiger partial charge in [0.15, 0.2) is 0 Å². The summed E-state index contributed by atoms with van der Waals surface area (Å²) in [5.41, 5.74) is 0.486. The van der Waals surface area contributed by atoms with E-state index in [1.807, 2.05) is 0 Å². The Morgan fingerprint density at radius 3 is 2.53 bits per heavy atom. The van der Waals surface area contributed by atoms with Gasteiger partial charge >= 0.3 is 0 Å². The van der Waals surface area contributed by atoms with E-state index < -0.39 is 0 Å². The Morgan fingerprint density at radius 1 is 1.33 bits per heavy atom. The highest BCUT2D eigenvalue weighted by Gasteiger charge is 2.27. The molecule has 0 aromatic carbocycles. The van der Waals surface area contributed by atoms with Gasteiger partial charge in [-0.1, -0.05) is 41.0 Å². The van der Waals surface area contributed by atoms with Gasteiger partial charge in [-0.2, -0.15) is 0 Å². The van der Waals surface area contributed by atoms with Crippen LogP contribution in [0.25, 0.3) is 0 Å². The Labute approximate surface area is 96.0 Å². The van der Waals surface area contributed by atoms with E-state index in [0.29, 0.717) is 5.41 Å². The van der Waals surface area contributed by atoms with Crippen LogP contribution < -0.4 is 5.32 Å². The molecule has 1 aliphatic rings. The summed E-state index contributed by atoms with van der Waals surface area (Å²) in [6, 6.07) is 0.798. The van der Waals surface area contributed by atoms with Gasteiger partial charge in [0.1, 0.15) is 0 Å². The average molecular weight is 211 g/mol. The molecule has 3 atom stereocenters. The van der Waals surface area contributed by atoms with Gasteiger partial charge in [0, 0.05) is 6.04 Å². The Hall–Kier alpha value is -0.0400. The number of rotatable bonds is 4. The van der Waals surface area contributed by atoms with Crippen molar-refractivity contribution < 1.29 is 0 Å². The molecular formula is C14H29N. The fraction of sp³-hybridized carbons (Fsp3) is 1.00. The molecule has 1 heterocycles. The molecule has 1 heteroatoms. The van der Waals surface area contributed by atoms with Crippen LogP contribution in [0.1, 0.15) is 60.3 Å². The van der Waals surface area contributed by atoms with Crippen LogP contribution in [-0.4, -0.2) is 12.6 Å². The molecule has 0 bridgehead atoms. The quantitative estimate of drug-likeness (QED) is 0.745. The molecule has 0 amide bonds. The lowest BCUT2D eigenvalue weighted by molar-refractivity contribution is 0.263. The zero-order valence-corrected chi connectivity index (χ0v) is 11.3. The third kappa shape index (κ3) is 4.55. The van der Waals surface area contributed by atoms with Gasteiger partial charge in [-0.3, -0.25) is 0 Å². The molecular weight excluding hydrogens is 182 g/mol. The van der Waals surface area contributed by atoms with Crippen molar-refractivity contribution in [2.75, 3.05) is 6.54 Å². The molecule has 0 radical (unpaired) electrons. The van der Waals surface area contributed by atoms with Crippen molar-refractivity contribution in [3.63, 3.8) is 0 Å². The molecule has 0 aromatic heterocycles. The zero-order valence-electron chi connectivity index (χ0n) is 11.3. The van der Waals surface area contributed by atoms with E-state index in [4.69, 9.17) is 0 Å². The summed E-state index contributed by atoms with van der Waals surface area (Å²) in [5.74, 6) is 1.79. The third-order valence-electron chi connectivity index (χ3n) is 3.63. The summed E-state index contributed by atoms with van der Waals surface area (Å²) in [6.07, 6.45) is 5.46. The maximum absolute atomic E-state index is 3.67. The Morgan fingerprint density at radius 2 is 2.00 bits per heavy atom. The van der Waals surface area contributed by atoms with Crippen LogP contribution >= 0.6 is 0 Å². The zero-order chi connectivity index (χ0) is 11.5. The normalized spacial score (nSPS) is 29.4. The van der Waals surface area contributed by atoms with Crippen molar-refractivity contribution in [2.45, 2.75) is 66.3 Å². The highest BCUT2D eigenvalue weighted by Crippen LogP contribution is 2.30. The van der Waals surface area contributed by atoms with Gasteiger partial charge < -0.3 is 5.32 Å². The van der Waals surface area contributed by atoms with E-state index in [1.165, 1.54) is 32.2 Å². The number of hydrogen-bond acceptors (Lipinski definition) is 1. The highest BCUT2D eigenvalue weighted by atomic mass is 14.9. The topological polar surface area (TPSA) is 12.0 Å². The largest absolute Gasteiger partial charge is 0.314 e. The molecule has 0 saturated carbocycles. The van der Waals surface area contributed by atoms with Crippen LogP contribution in [0.15, 0.2) is 0 Å².